The van der Waals surface area contributed by atoms with Gasteiger partial charge in [0.1, 0.15) is 11.6 Å². The normalized spacial score (nSPS) is 16.4. The third-order valence-electron chi connectivity index (χ3n) is 3.01. The number of hydrogen-bond acceptors (Lipinski definition) is 4. The molecule has 1 heterocycles. The van der Waals surface area contributed by atoms with Crippen molar-refractivity contribution in [2.24, 2.45) is 0 Å². The molecule has 0 aliphatic heterocycles. The van der Waals surface area contributed by atoms with Gasteiger partial charge in [0.2, 0.25) is 0 Å². The molecule has 0 amide bonds. The minimum atomic E-state index is -0.244. The van der Waals surface area contributed by atoms with Gasteiger partial charge in [-0.15, -0.1) is 0 Å². The topological polar surface area (TPSA) is 57.2 Å². The molecule has 4 nitrogen and oxygen atoms in total. The van der Waals surface area contributed by atoms with Gasteiger partial charge in [-0.05, 0) is 25.3 Å². The fourth-order valence-corrected chi connectivity index (χ4v) is 2.12. The number of nitrogens with zero attached hydrogens (tertiary/aromatic N) is 1. The van der Waals surface area contributed by atoms with Crippen LogP contribution >= 0.6 is 23.2 Å². The van der Waals surface area contributed by atoms with E-state index in [0.717, 1.165) is 25.8 Å². The van der Waals surface area contributed by atoms with Gasteiger partial charge in [-0.3, -0.25) is 0 Å². The van der Waals surface area contributed by atoms with Crippen LogP contribution in [-0.2, 0) is 0 Å². The van der Waals surface area contributed by atoms with Crippen molar-refractivity contribution in [1.82, 2.24) is 4.98 Å². The molecule has 0 atom stereocenters. The molecule has 1 aliphatic rings. The lowest BCUT2D eigenvalue weighted by molar-refractivity contribution is 0.266. The van der Waals surface area contributed by atoms with E-state index in [4.69, 9.17) is 23.2 Å². The van der Waals surface area contributed by atoms with E-state index in [1.807, 2.05) is 0 Å². The van der Waals surface area contributed by atoms with Gasteiger partial charge in [0.05, 0.1) is 22.2 Å². The highest BCUT2D eigenvalue weighted by molar-refractivity contribution is 6.37. The Hall–Kier alpha value is -0.710. The quantitative estimate of drug-likeness (QED) is 0.753. The van der Waals surface area contributed by atoms with Gasteiger partial charge < -0.3 is 15.7 Å². The molecule has 3 N–H and O–H groups in total. The molecular weight excluding hydrogens is 273 g/mol. The molecule has 1 aromatic heterocycles. The van der Waals surface area contributed by atoms with Crippen LogP contribution in [0.3, 0.4) is 0 Å². The van der Waals surface area contributed by atoms with Gasteiger partial charge in [-0.25, -0.2) is 4.98 Å². The van der Waals surface area contributed by atoms with Crippen LogP contribution in [0.15, 0.2) is 6.07 Å². The number of aliphatic hydroxyl groups excluding tert-OH is 1. The van der Waals surface area contributed by atoms with E-state index in [-0.39, 0.29) is 12.1 Å². The molecule has 6 heteroatoms. The fraction of sp³-hybridized carbons (Fsp3) is 0.583. The highest BCUT2D eigenvalue weighted by Crippen LogP contribution is 2.40. The van der Waals surface area contributed by atoms with Gasteiger partial charge in [0.25, 0.3) is 0 Å². The Kier molecular flexibility index (Phi) is 4.20. The van der Waals surface area contributed by atoms with Crippen molar-refractivity contribution in [3.63, 3.8) is 0 Å². The van der Waals surface area contributed by atoms with Crippen LogP contribution in [-0.4, -0.2) is 28.8 Å². The smallest absolute Gasteiger partial charge is 0.147 e. The van der Waals surface area contributed by atoms with E-state index in [9.17, 15) is 5.11 Å². The first-order valence-electron chi connectivity index (χ1n) is 6.09. The molecule has 1 aromatic rings. The SMILES string of the molecule is CCCNc1nc(NC2(CO)CC2)c(Cl)cc1Cl. The second-order valence-corrected chi connectivity index (χ2v) is 5.45. The summed E-state index contributed by atoms with van der Waals surface area (Å²) >= 11 is 12.2. The Labute approximate surface area is 117 Å². The maximum atomic E-state index is 9.30. The molecule has 100 valence electrons. The number of halogens is 2. The number of anilines is 2. The van der Waals surface area contributed by atoms with Crippen LogP contribution in [0.4, 0.5) is 11.6 Å². The van der Waals surface area contributed by atoms with Crippen LogP contribution < -0.4 is 10.6 Å². The summed E-state index contributed by atoms with van der Waals surface area (Å²) in [5.41, 5.74) is -0.244. The number of nitrogens with one attached hydrogen (secondary N) is 2. The first kappa shape index (κ1) is 13.7. The van der Waals surface area contributed by atoms with Crippen molar-refractivity contribution in [3.8, 4) is 0 Å². The second kappa shape index (κ2) is 5.51. The monoisotopic (exact) mass is 289 g/mol. The summed E-state index contributed by atoms with van der Waals surface area (Å²) in [5, 5.41) is 16.6. The summed E-state index contributed by atoms with van der Waals surface area (Å²) in [5.74, 6) is 1.20. The van der Waals surface area contributed by atoms with E-state index in [2.05, 4.69) is 22.5 Å². The number of hydrogen-bond donors (Lipinski definition) is 3. The van der Waals surface area contributed by atoms with Gasteiger partial charge in [0.15, 0.2) is 0 Å². The minimum Gasteiger partial charge on any atom is -0.394 e. The van der Waals surface area contributed by atoms with Crippen LogP contribution in [0.5, 0.6) is 0 Å². The summed E-state index contributed by atoms with van der Waals surface area (Å²) in [6, 6.07) is 1.67. The van der Waals surface area contributed by atoms with Crippen molar-refractivity contribution in [2.45, 2.75) is 31.7 Å². The number of aromatic nitrogens is 1. The standard InChI is InChI=1S/C12H17Cl2N3O/c1-2-5-15-10-8(13)6-9(14)11(16-10)17-12(7-18)3-4-12/h6,18H,2-5,7H2,1H3,(H2,15,16,17). The van der Waals surface area contributed by atoms with E-state index >= 15 is 0 Å². The van der Waals surface area contributed by atoms with Crippen molar-refractivity contribution in [2.75, 3.05) is 23.8 Å². The van der Waals surface area contributed by atoms with E-state index in [0.29, 0.717) is 21.7 Å². The van der Waals surface area contributed by atoms with Gasteiger partial charge >= 0.3 is 0 Å². The minimum absolute atomic E-state index is 0.0886. The molecule has 0 bridgehead atoms. The average Bonchev–Trinajstić information content (AvgIpc) is 3.12. The zero-order valence-electron chi connectivity index (χ0n) is 10.3. The van der Waals surface area contributed by atoms with Crippen LogP contribution in [0.2, 0.25) is 10.0 Å². The van der Waals surface area contributed by atoms with Crippen LogP contribution in [0, 0.1) is 0 Å². The van der Waals surface area contributed by atoms with Gasteiger partial charge in [-0.2, -0.15) is 0 Å². The Morgan fingerprint density at radius 3 is 2.56 bits per heavy atom. The summed E-state index contributed by atoms with van der Waals surface area (Å²) < 4.78 is 0. The molecule has 1 aliphatic carbocycles. The molecule has 1 fully saturated rings. The summed E-state index contributed by atoms with van der Waals surface area (Å²) in [4.78, 5) is 4.39. The Morgan fingerprint density at radius 2 is 2.00 bits per heavy atom. The van der Waals surface area contributed by atoms with Crippen molar-refractivity contribution < 1.29 is 5.11 Å². The zero-order valence-corrected chi connectivity index (χ0v) is 11.8. The first-order chi connectivity index (χ1) is 8.60. The molecule has 0 radical (unpaired) electrons. The maximum Gasteiger partial charge on any atom is 0.147 e. The zero-order chi connectivity index (χ0) is 13.2. The summed E-state index contributed by atoms with van der Waals surface area (Å²) in [6.45, 7) is 2.96. The molecule has 1 saturated carbocycles. The molecule has 0 aromatic carbocycles. The predicted octanol–water partition coefficient (Wildman–Crippen LogP) is 3.15. The average molecular weight is 290 g/mol. The van der Waals surface area contributed by atoms with E-state index in [1.54, 1.807) is 6.07 Å². The highest BCUT2D eigenvalue weighted by atomic mass is 35.5. The summed E-state index contributed by atoms with van der Waals surface area (Å²) in [7, 11) is 0. The number of pyridine rings is 1. The Balaban J connectivity index is 2.18. The number of rotatable bonds is 6. The molecule has 2 rings (SSSR count). The lowest BCUT2D eigenvalue weighted by Gasteiger charge is -2.17. The molecule has 18 heavy (non-hydrogen) atoms. The van der Waals surface area contributed by atoms with Crippen molar-refractivity contribution >= 4 is 34.8 Å². The largest absolute Gasteiger partial charge is 0.394 e. The highest BCUT2D eigenvalue weighted by Gasteiger charge is 2.42. The van der Waals surface area contributed by atoms with Gasteiger partial charge in [0, 0.05) is 6.54 Å². The summed E-state index contributed by atoms with van der Waals surface area (Å²) in [6.07, 6.45) is 2.85. The van der Waals surface area contributed by atoms with Gasteiger partial charge in [-0.1, -0.05) is 30.1 Å². The first-order valence-corrected chi connectivity index (χ1v) is 6.85. The van der Waals surface area contributed by atoms with Crippen molar-refractivity contribution in [3.05, 3.63) is 16.1 Å². The fourth-order valence-electron chi connectivity index (χ4n) is 1.65. The van der Waals surface area contributed by atoms with E-state index in [1.165, 1.54) is 0 Å². The molecular formula is C12H17Cl2N3O. The lowest BCUT2D eigenvalue weighted by atomic mass is 10.3. The Bertz CT molecular complexity index is 436. The van der Waals surface area contributed by atoms with E-state index < -0.39 is 0 Å². The molecule has 0 unspecified atom stereocenters. The molecule has 0 spiro atoms. The van der Waals surface area contributed by atoms with Crippen LogP contribution in [0.1, 0.15) is 26.2 Å². The maximum absolute atomic E-state index is 9.30. The number of aliphatic hydroxyl groups is 1. The third-order valence-corrected chi connectivity index (χ3v) is 3.59. The molecule has 0 saturated heterocycles. The predicted molar refractivity (Wildman–Crippen MR) is 75.7 cm³/mol. The van der Waals surface area contributed by atoms with Crippen LogP contribution in [0.25, 0.3) is 0 Å². The van der Waals surface area contributed by atoms with Crippen molar-refractivity contribution in [1.29, 1.82) is 0 Å². The lowest BCUT2D eigenvalue weighted by Crippen LogP contribution is -2.26. The third kappa shape index (κ3) is 2.99. The Morgan fingerprint density at radius 1 is 1.33 bits per heavy atom. The second-order valence-electron chi connectivity index (χ2n) is 4.64.